The summed E-state index contributed by atoms with van der Waals surface area (Å²) < 4.78 is 31.6. The molecule has 3 heterocycles. The van der Waals surface area contributed by atoms with Crippen molar-refractivity contribution in [2.24, 2.45) is 0 Å². The van der Waals surface area contributed by atoms with Gasteiger partial charge in [-0.05, 0) is 12.1 Å². The number of ether oxygens (including phenoxy) is 1. The molecule has 0 bridgehead atoms. The molecule has 0 unspecified atom stereocenters. The van der Waals surface area contributed by atoms with Crippen LogP contribution >= 0.6 is 0 Å². The number of H-pyrrole nitrogens is 1. The average Bonchev–Trinajstić information content (AvgIpc) is 3.05. The van der Waals surface area contributed by atoms with Crippen LogP contribution in [0.15, 0.2) is 53.9 Å². The van der Waals surface area contributed by atoms with Crippen molar-refractivity contribution in [2.45, 2.75) is 11.1 Å². The number of para-hydroxylation sites is 1. The molecule has 0 radical (unpaired) electrons. The van der Waals surface area contributed by atoms with E-state index in [9.17, 15) is 8.42 Å². The van der Waals surface area contributed by atoms with E-state index in [1.54, 1.807) is 6.07 Å². The zero-order chi connectivity index (χ0) is 15.9. The molecule has 1 fully saturated rings. The molecule has 1 N–H and O–H groups in total. The summed E-state index contributed by atoms with van der Waals surface area (Å²) in [5.41, 5.74) is 0.853. The van der Waals surface area contributed by atoms with Crippen LogP contribution in [0.4, 0.5) is 0 Å². The molecule has 1 saturated heterocycles. The minimum Gasteiger partial charge on any atom is -0.472 e. The molecule has 3 aromatic rings. The first-order chi connectivity index (χ1) is 11.1. The third-order valence-corrected chi connectivity index (χ3v) is 5.52. The van der Waals surface area contributed by atoms with Crippen molar-refractivity contribution < 1.29 is 13.2 Å². The van der Waals surface area contributed by atoms with Crippen molar-refractivity contribution in [1.29, 1.82) is 0 Å². The number of imidazole rings is 1. The monoisotopic (exact) mass is 330 g/mol. The molecule has 4 rings (SSSR count). The van der Waals surface area contributed by atoms with Crippen molar-refractivity contribution in [1.82, 2.24) is 19.3 Å². The van der Waals surface area contributed by atoms with Gasteiger partial charge in [-0.25, -0.2) is 18.4 Å². The number of aromatic amines is 1. The van der Waals surface area contributed by atoms with Gasteiger partial charge in [-0.15, -0.1) is 0 Å². The Morgan fingerprint density at radius 2 is 2.00 bits per heavy atom. The molecule has 1 aromatic carbocycles. The minimum atomic E-state index is -3.50. The molecule has 0 amide bonds. The van der Waals surface area contributed by atoms with Gasteiger partial charge in [-0.3, -0.25) is 0 Å². The van der Waals surface area contributed by atoms with E-state index in [1.165, 1.54) is 16.8 Å². The summed E-state index contributed by atoms with van der Waals surface area (Å²) in [5.74, 6) is 0.507. The fourth-order valence-electron chi connectivity index (χ4n) is 2.48. The van der Waals surface area contributed by atoms with Crippen LogP contribution in [0.2, 0.25) is 0 Å². The predicted molar refractivity (Wildman–Crippen MR) is 83.5 cm³/mol. The molecule has 1 aliphatic rings. The molecule has 8 heteroatoms. The number of fused-ring (bicyclic) bond motifs is 1. The number of aromatic nitrogens is 3. The molecule has 23 heavy (non-hydrogen) atoms. The summed E-state index contributed by atoms with van der Waals surface area (Å²) in [5, 5.41) is 1.14. The summed E-state index contributed by atoms with van der Waals surface area (Å²) in [6, 6.07) is 11.5. The van der Waals surface area contributed by atoms with Gasteiger partial charge in [0.1, 0.15) is 6.10 Å². The predicted octanol–water partition coefficient (Wildman–Crippen LogP) is 1.41. The van der Waals surface area contributed by atoms with Gasteiger partial charge >= 0.3 is 0 Å². The number of benzene rings is 1. The second-order valence-electron chi connectivity index (χ2n) is 5.32. The summed E-state index contributed by atoms with van der Waals surface area (Å²) in [4.78, 5) is 10.8. The highest BCUT2D eigenvalue weighted by Gasteiger charge is 2.39. The van der Waals surface area contributed by atoms with Gasteiger partial charge in [0.15, 0.2) is 5.03 Å². The van der Waals surface area contributed by atoms with Gasteiger partial charge in [0.25, 0.3) is 10.0 Å². The van der Waals surface area contributed by atoms with Gasteiger partial charge in [-0.1, -0.05) is 18.2 Å². The molecule has 0 spiro atoms. The molecule has 0 saturated carbocycles. The molecule has 0 aliphatic carbocycles. The Hall–Kier alpha value is -2.45. The lowest BCUT2D eigenvalue weighted by Crippen LogP contribution is -2.56. The number of pyridine rings is 1. The first kappa shape index (κ1) is 14.2. The number of sulfonamides is 1. The normalized spacial score (nSPS) is 16.3. The molecular weight excluding hydrogens is 316 g/mol. The van der Waals surface area contributed by atoms with Gasteiger partial charge in [0.2, 0.25) is 5.88 Å². The number of hydrogen-bond acceptors (Lipinski definition) is 5. The van der Waals surface area contributed by atoms with E-state index in [0.29, 0.717) is 19.0 Å². The van der Waals surface area contributed by atoms with Crippen LogP contribution in [0.25, 0.3) is 10.9 Å². The quantitative estimate of drug-likeness (QED) is 0.781. The molecular formula is C15H14N4O3S. The van der Waals surface area contributed by atoms with Crippen molar-refractivity contribution in [3.8, 4) is 5.88 Å². The van der Waals surface area contributed by atoms with Crippen molar-refractivity contribution in [3.05, 3.63) is 48.9 Å². The Kier molecular flexibility index (Phi) is 3.28. The van der Waals surface area contributed by atoms with Crippen LogP contribution in [-0.4, -0.2) is 46.9 Å². The highest BCUT2D eigenvalue weighted by Crippen LogP contribution is 2.24. The maximum absolute atomic E-state index is 12.2. The van der Waals surface area contributed by atoms with Crippen LogP contribution < -0.4 is 4.74 Å². The lowest BCUT2D eigenvalue weighted by Gasteiger charge is -2.36. The fraction of sp³-hybridized carbons (Fsp3) is 0.200. The summed E-state index contributed by atoms with van der Waals surface area (Å²) >= 11 is 0. The Balaban J connectivity index is 1.44. The smallest absolute Gasteiger partial charge is 0.260 e. The molecule has 1 aliphatic heterocycles. The summed E-state index contributed by atoms with van der Waals surface area (Å²) in [6.45, 7) is 0.603. The largest absolute Gasteiger partial charge is 0.472 e. The molecule has 7 nitrogen and oxygen atoms in total. The third-order valence-electron chi connectivity index (χ3n) is 3.77. The first-order valence-corrected chi connectivity index (χ1v) is 8.58. The highest BCUT2D eigenvalue weighted by atomic mass is 32.2. The van der Waals surface area contributed by atoms with Crippen LogP contribution in [0.5, 0.6) is 5.88 Å². The van der Waals surface area contributed by atoms with Gasteiger partial charge < -0.3 is 9.72 Å². The zero-order valence-electron chi connectivity index (χ0n) is 12.1. The maximum atomic E-state index is 12.2. The van der Waals surface area contributed by atoms with Gasteiger partial charge in [0.05, 0.1) is 31.1 Å². The average molecular weight is 330 g/mol. The van der Waals surface area contributed by atoms with E-state index in [0.717, 1.165) is 10.9 Å². The number of rotatable bonds is 4. The Morgan fingerprint density at radius 1 is 1.17 bits per heavy atom. The van der Waals surface area contributed by atoms with E-state index in [4.69, 9.17) is 4.74 Å². The zero-order valence-corrected chi connectivity index (χ0v) is 12.9. The van der Waals surface area contributed by atoms with E-state index in [1.807, 2.05) is 30.3 Å². The summed E-state index contributed by atoms with van der Waals surface area (Å²) in [7, 11) is -3.50. The van der Waals surface area contributed by atoms with Gasteiger partial charge in [0, 0.05) is 11.5 Å². The first-order valence-electron chi connectivity index (χ1n) is 7.14. The van der Waals surface area contributed by atoms with Crippen LogP contribution in [-0.2, 0) is 10.0 Å². The van der Waals surface area contributed by atoms with Crippen LogP contribution in [0.3, 0.4) is 0 Å². The van der Waals surface area contributed by atoms with E-state index in [-0.39, 0.29) is 11.1 Å². The highest BCUT2D eigenvalue weighted by molar-refractivity contribution is 7.89. The Labute approximate surface area is 133 Å². The number of hydrogen-bond donors (Lipinski definition) is 1. The van der Waals surface area contributed by atoms with Crippen molar-refractivity contribution in [3.63, 3.8) is 0 Å². The van der Waals surface area contributed by atoms with E-state index < -0.39 is 10.0 Å². The number of nitrogens with zero attached hydrogens (tertiary/aromatic N) is 3. The lowest BCUT2D eigenvalue weighted by atomic mass is 10.2. The molecule has 0 atom stereocenters. The van der Waals surface area contributed by atoms with Gasteiger partial charge in [-0.2, -0.15) is 4.31 Å². The second kappa shape index (κ2) is 5.32. The minimum absolute atomic E-state index is 0.0970. The Bertz CT molecular complexity index is 934. The maximum Gasteiger partial charge on any atom is 0.260 e. The molecule has 2 aromatic heterocycles. The van der Waals surface area contributed by atoms with Crippen LogP contribution in [0.1, 0.15) is 0 Å². The lowest BCUT2D eigenvalue weighted by molar-refractivity contribution is 0.0722. The standard InChI is InChI=1S/C15H14N4O3S/c20-23(21,15-7-16-10-17-15)19-8-12(9-19)22-14-6-5-11-3-1-2-4-13(11)18-14/h1-7,10,12H,8-9H2,(H,16,17). The van der Waals surface area contributed by atoms with Crippen LogP contribution in [0, 0.1) is 0 Å². The second-order valence-corrected chi connectivity index (χ2v) is 7.23. The third kappa shape index (κ3) is 2.55. The topological polar surface area (TPSA) is 88.2 Å². The number of nitrogens with one attached hydrogen (secondary N) is 1. The Morgan fingerprint density at radius 3 is 2.78 bits per heavy atom. The van der Waals surface area contributed by atoms with Crippen molar-refractivity contribution in [2.75, 3.05) is 13.1 Å². The van der Waals surface area contributed by atoms with E-state index >= 15 is 0 Å². The molecule has 118 valence electrons. The van der Waals surface area contributed by atoms with Crippen molar-refractivity contribution >= 4 is 20.9 Å². The SMILES string of the molecule is O=S(=O)(c1cnc[nH]1)N1CC(Oc2ccc3ccccc3n2)C1. The summed E-state index contributed by atoms with van der Waals surface area (Å²) in [6.07, 6.45) is 2.45. The fourth-order valence-corrected chi connectivity index (χ4v) is 3.88. The van der Waals surface area contributed by atoms with E-state index in [2.05, 4.69) is 15.0 Å².